The SMILES string of the molecule is CCC(C)(C)NC(=O)N(CC(=O)O)CC(=O)O. The molecule has 0 aliphatic rings. The Morgan fingerprint density at radius 2 is 1.53 bits per heavy atom. The molecule has 0 bridgehead atoms. The Balaban J connectivity index is 4.63. The van der Waals surface area contributed by atoms with Gasteiger partial charge in [0.25, 0.3) is 0 Å². The lowest BCUT2D eigenvalue weighted by Crippen LogP contribution is -2.52. The molecule has 0 aromatic carbocycles. The van der Waals surface area contributed by atoms with Crippen LogP contribution in [0.5, 0.6) is 0 Å². The Hall–Kier alpha value is -1.79. The number of aliphatic carboxylic acids is 2. The molecular weight excluding hydrogens is 228 g/mol. The van der Waals surface area contributed by atoms with Crippen LogP contribution in [0.25, 0.3) is 0 Å². The number of carboxylic acid groups (broad SMARTS) is 2. The fourth-order valence-electron chi connectivity index (χ4n) is 0.983. The minimum Gasteiger partial charge on any atom is -0.480 e. The lowest BCUT2D eigenvalue weighted by atomic mass is 10.0. The lowest BCUT2D eigenvalue weighted by molar-refractivity contribution is -0.140. The molecule has 7 nitrogen and oxygen atoms in total. The number of carboxylic acids is 2. The number of urea groups is 1. The molecule has 0 radical (unpaired) electrons. The largest absolute Gasteiger partial charge is 0.480 e. The van der Waals surface area contributed by atoms with Gasteiger partial charge in [-0.1, -0.05) is 6.92 Å². The van der Waals surface area contributed by atoms with Gasteiger partial charge in [-0.15, -0.1) is 0 Å². The van der Waals surface area contributed by atoms with E-state index in [0.717, 1.165) is 4.90 Å². The Bertz CT molecular complexity index is 298. The summed E-state index contributed by atoms with van der Waals surface area (Å²) in [6.45, 7) is 4.12. The second-order valence-electron chi connectivity index (χ2n) is 4.31. The first-order chi connectivity index (χ1) is 7.68. The van der Waals surface area contributed by atoms with Gasteiger partial charge in [0.1, 0.15) is 13.1 Å². The Morgan fingerprint density at radius 3 is 1.82 bits per heavy atom. The van der Waals surface area contributed by atoms with Crippen LogP contribution in [-0.2, 0) is 9.59 Å². The van der Waals surface area contributed by atoms with Crippen LogP contribution in [0.2, 0.25) is 0 Å². The van der Waals surface area contributed by atoms with E-state index in [1.165, 1.54) is 0 Å². The van der Waals surface area contributed by atoms with E-state index in [9.17, 15) is 14.4 Å². The molecule has 0 saturated carbocycles. The summed E-state index contributed by atoms with van der Waals surface area (Å²) in [5, 5.41) is 19.8. The first-order valence-electron chi connectivity index (χ1n) is 5.18. The molecule has 0 heterocycles. The summed E-state index contributed by atoms with van der Waals surface area (Å²) in [7, 11) is 0. The molecule has 17 heavy (non-hydrogen) atoms. The van der Waals surface area contributed by atoms with Crippen LogP contribution in [0.15, 0.2) is 0 Å². The highest BCUT2D eigenvalue weighted by Gasteiger charge is 2.24. The molecule has 0 unspecified atom stereocenters. The molecule has 2 amide bonds. The molecule has 0 rings (SSSR count). The molecule has 0 saturated heterocycles. The van der Waals surface area contributed by atoms with Crippen molar-refractivity contribution in [2.75, 3.05) is 13.1 Å². The van der Waals surface area contributed by atoms with Gasteiger partial charge in [-0.25, -0.2) is 4.79 Å². The van der Waals surface area contributed by atoms with E-state index in [4.69, 9.17) is 10.2 Å². The third kappa shape index (κ3) is 6.39. The van der Waals surface area contributed by atoms with E-state index in [1.807, 2.05) is 6.92 Å². The standard InChI is InChI=1S/C10H18N2O5/c1-4-10(2,3)11-9(17)12(5-7(13)14)6-8(15)16/h4-6H2,1-3H3,(H,11,17)(H,13,14)(H,15,16). The molecule has 0 fully saturated rings. The number of nitrogens with zero attached hydrogens (tertiary/aromatic N) is 1. The summed E-state index contributed by atoms with van der Waals surface area (Å²) >= 11 is 0. The summed E-state index contributed by atoms with van der Waals surface area (Å²) in [5.41, 5.74) is -0.508. The van der Waals surface area contributed by atoms with E-state index in [-0.39, 0.29) is 0 Å². The van der Waals surface area contributed by atoms with E-state index in [0.29, 0.717) is 6.42 Å². The van der Waals surface area contributed by atoms with Crippen LogP contribution >= 0.6 is 0 Å². The highest BCUT2D eigenvalue weighted by molar-refractivity contribution is 5.84. The van der Waals surface area contributed by atoms with E-state index < -0.39 is 36.6 Å². The number of rotatable bonds is 6. The molecule has 0 aliphatic carbocycles. The Kier molecular flexibility index (Phi) is 5.43. The maximum atomic E-state index is 11.7. The molecule has 3 N–H and O–H groups in total. The number of carbonyl (C=O) groups excluding carboxylic acids is 1. The first-order valence-corrected chi connectivity index (χ1v) is 5.18. The topological polar surface area (TPSA) is 107 Å². The Morgan fingerprint density at radius 1 is 1.12 bits per heavy atom. The molecule has 0 aliphatic heterocycles. The molecule has 0 atom stereocenters. The van der Waals surface area contributed by atoms with Gasteiger partial charge in [-0.2, -0.15) is 0 Å². The number of hydrogen-bond acceptors (Lipinski definition) is 3. The molecule has 7 heteroatoms. The minimum absolute atomic E-state index is 0.508. The zero-order chi connectivity index (χ0) is 13.6. The summed E-state index contributed by atoms with van der Waals surface area (Å²) < 4.78 is 0. The summed E-state index contributed by atoms with van der Waals surface area (Å²) in [4.78, 5) is 33.4. The van der Waals surface area contributed by atoms with Gasteiger partial charge in [-0.3, -0.25) is 9.59 Å². The number of amides is 2. The molecule has 0 aromatic heterocycles. The van der Waals surface area contributed by atoms with Crippen molar-refractivity contribution < 1.29 is 24.6 Å². The van der Waals surface area contributed by atoms with Crippen molar-refractivity contribution in [2.24, 2.45) is 0 Å². The average Bonchev–Trinajstić information content (AvgIpc) is 2.14. The molecular formula is C10H18N2O5. The second kappa shape index (κ2) is 6.07. The van der Waals surface area contributed by atoms with Gasteiger partial charge in [0, 0.05) is 5.54 Å². The van der Waals surface area contributed by atoms with E-state index in [1.54, 1.807) is 13.8 Å². The van der Waals surface area contributed by atoms with Crippen LogP contribution in [0, 0.1) is 0 Å². The fourth-order valence-corrected chi connectivity index (χ4v) is 0.983. The van der Waals surface area contributed by atoms with Crippen LogP contribution in [0.3, 0.4) is 0 Å². The number of hydrogen-bond donors (Lipinski definition) is 3. The normalized spacial score (nSPS) is 10.8. The van der Waals surface area contributed by atoms with Gasteiger partial charge in [-0.05, 0) is 20.3 Å². The van der Waals surface area contributed by atoms with Crippen molar-refractivity contribution in [2.45, 2.75) is 32.7 Å². The molecule has 98 valence electrons. The average molecular weight is 246 g/mol. The van der Waals surface area contributed by atoms with Crippen LogP contribution in [0.1, 0.15) is 27.2 Å². The van der Waals surface area contributed by atoms with Crippen molar-refractivity contribution in [3.05, 3.63) is 0 Å². The van der Waals surface area contributed by atoms with E-state index >= 15 is 0 Å². The van der Waals surface area contributed by atoms with Gasteiger partial charge >= 0.3 is 18.0 Å². The van der Waals surface area contributed by atoms with Gasteiger partial charge in [0.15, 0.2) is 0 Å². The van der Waals surface area contributed by atoms with E-state index in [2.05, 4.69) is 5.32 Å². The molecule has 0 aromatic rings. The van der Waals surface area contributed by atoms with Crippen molar-refractivity contribution in [3.8, 4) is 0 Å². The van der Waals surface area contributed by atoms with Crippen molar-refractivity contribution in [3.63, 3.8) is 0 Å². The predicted octanol–water partition coefficient (Wildman–Crippen LogP) is 0.356. The number of carbonyl (C=O) groups is 3. The van der Waals surface area contributed by atoms with Crippen LogP contribution in [0.4, 0.5) is 4.79 Å². The monoisotopic (exact) mass is 246 g/mol. The number of nitrogens with one attached hydrogen (secondary N) is 1. The maximum absolute atomic E-state index is 11.7. The van der Waals surface area contributed by atoms with Crippen molar-refractivity contribution in [1.82, 2.24) is 10.2 Å². The van der Waals surface area contributed by atoms with Crippen molar-refractivity contribution >= 4 is 18.0 Å². The van der Waals surface area contributed by atoms with Gasteiger partial charge < -0.3 is 20.4 Å². The van der Waals surface area contributed by atoms with Crippen LogP contribution in [-0.4, -0.2) is 51.7 Å². The first kappa shape index (κ1) is 15.2. The Labute approximate surface area is 99.4 Å². The van der Waals surface area contributed by atoms with Crippen molar-refractivity contribution in [1.29, 1.82) is 0 Å². The predicted molar refractivity (Wildman–Crippen MR) is 59.7 cm³/mol. The molecule has 0 spiro atoms. The fraction of sp³-hybridized carbons (Fsp3) is 0.700. The summed E-state index contributed by atoms with van der Waals surface area (Å²) in [6.07, 6.45) is 0.646. The highest BCUT2D eigenvalue weighted by atomic mass is 16.4. The maximum Gasteiger partial charge on any atom is 0.323 e. The van der Waals surface area contributed by atoms with Gasteiger partial charge in [0.05, 0.1) is 0 Å². The second-order valence-corrected chi connectivity index (χ2v) is 4.31. The third-order valence-electron chi connectivity index (χ3n) is 2.27. The smallest absolute Gasteiger partial charge is 0.323 e. The summed E-state index contributed by atoms with van der Waals surface area (Å²) in [6, 6.07) is -0.693. The zero-order valence-electron chi connectivity index (χ0n) is 10.2. The van der Waals surface area contributed by atoms with Crippen LogP contribution < -0.4 is 5.32 Å². The quantitative estimate of drug-likeness (QED) is 0.627. The zero-order valence-corrected chi connectivity index (χ0v) is 10.2. The van der Waals surface area contributed by atoms with Gasteiger partial charge in [0.2, 0.25) is 0 Å². The minimum atomic E-state index is -1.25. The third-order valence-corrected chi connectivity index (χ3v) is 2.27. The summed E-state index contributed by atoms with van der Waals surface area (Å²) in [5.74, 6) is -2.51. The lowest BCUT2D eigenvalue weighted by Gasteiger charge is -2.28. The highest BCUT2D eigenvalue weighted by Crippen LogP contribution is 2.07.